The lowest BCUT2D eigenvalue weighted by Crippen LogP contribution is -2.39. The standard InChI is InChI=1S/C23H23F3N6O3/c24-23(25,26)16-3-1-2-4-20(16)35-15-7-11-32(12-8-15)21-6-5-17(30-31-21)22(34)29-14-19(33)18-13-27-9-10-28-18/h1-6,9-10,13,15,19,33H,7-8,11-12,14H2,(H,29,34). The van der Waals surface area contributed by atoms with E-state index in [0.29, 0.717) is 37.4 Å². The maximum Gasteiger partial charge on any atom is 0.419 e. The lowest BCUT2D eigenvalue weighted by atomic mass is 10.1. The van der Waals surface area contributed by atoms with E-state index in [0.717, 1.165) is 6.07 Å². The molecule has 2 N–H and O–H groups in total. The van der Waals surface area contributed by atoms with Crippen LogP contribution in [0.5, 0.6) is 5.75 Å². The molecule has 1 atom stereocenters. The van der Waals surface area contributed by atoms with Crippen LogP contribution in [0.1, 0.15) is 40.7 Å². The number of hydrogen-bond acceptors (Lipinski definition) is 8. The zero-order chi connectivity index (χ0) is 24.8. The van der Waals surface area contributed by atoms with Gasteiger partial charge in [0.1, 0.15) is 18.0 Å². The van der Waals surface area contributed by atoms with Crippen LogP contribution in [-0.4, -0.2) is 56.9 Å². The van der Waals surface area contributed by atoms with E-state index < -0.39 is 23.8 Å². The molecule has 12 heteroatoms. The molecule has 1 amide bonds. The van der Waals surface area contributed by atoms with Crippen molar-refractivity contribution >= 4 is 11.7 Å². The van der Waals surface area contributed by atoms with Gasteiger partial charge in [0.05, 0.1) is 17.5 Å². The first kappa shape index (κ1) is 24.3. The molecular formula is C23H23F3N6O3. The first-order valence-corrected chi connectivity index (χ1v) is 10.9. The van der Waals surface area contributed by atoms with Gasteiger partial charge in [0, 0.05) is 44.9 Å². The number of ether oxygens (including phenoxy) is 1. The Labute approximate surface area is 199 Å². The third-order valence-corrected chi connectivity index (χ3v) is 5.52. The molecule has 0 radical (unpaired) electrons. The summed E-state index contributed by atoms with van der Waals surface area (Å²) in [6.45, 7) is 0.971. The molecule has 0 saturated carbocycles. The Morgan fingerprint density at radius 2 is 1.91 bits per heavy atom. The van der Waals surface area contributed by atoms with Gasteiger partial charge in [-0.05, 0) is 24.3 Å². The predicted octanol–water partition coefficient (Wildman–Crippen LogP) is 2.80. The summed E-state index contributed by atoms with van der Waals surface area (Å²) < 4.78 is 45.2. The number of piperidine rings is 1. The maximum atomic E-state index is 13.2. The summed E-state index contributed by atoms with van der Waals surface area (Å²) in [7, 11) is 0. The van der Waals surface area contributed by atoms with Gasteiger partial charge in [-0.1, -0.05) is 12.1 Å². The number of halogens is 3. The Bertz CT molecular complexity index is 1120. The molecule has 1 fully saturated rings. The van der Waals surface area contributed by atoms with Crippen LogP contribution < -0.4 is 15.0 Å². The number of rotatable bonds is 7. The Balaban J connectivity index is 1.28. The van der Waals surface area contributed by atoms with E-state index in [1.54, 1.807) is 6.07 Å². The lowest BCUT2D eigenvalue weighted by molar-refractivity contribution is -0.139. The number of benzene rings is 1. The number of aliphatic hydroxyl groups is 1. The monoisotopic (exact) mass is 488 g/mol. The molecule has 1 aromatic carbocycles. The second kappa shape index (κ2) is 10.6. The summed E-state index contributed by atoms with van der Waals surface area (Å²) >= 11 is 0. The number of amides is 1. The average molecular weight is 488 g/mol. The van der Waals surface area contributed by atoms with Crippen molar-refractivity contribution in [1.82, 2.24) is 25.5 Å². The fourth-order valence-electron chi connectivity index (χ4n) is 3.67. The molecule has 1 aliphatic heterocycles. The van der Waals surface area contributed by atoms with Crippen LogP contribution in [0.25, 0.3) is 0 Å². The van der Waals surface area contributed by atoms with Crippen molar-refractivity contribution in [3.63, 3.8) is 0 Å². The van der Waals surface area contributed by atoms with E-state index in [9.17, 15) is 23.1 Å². The number of aromatic nitrogens is 4. The summed E-state index contributed by atoms with van der Waals surface area (Å²) in [4.78, 5) is 22.1. The first-order valence-electron chi connectivity index (χ1n) is 10.9. The second-order valence-corrected chi connectivity index (χ2v) is 7.93. The Hall–Kier alpha value is -3.80. The van der Waals surface area contributed by atoms with Crippen molar-refractivity contribution in [3.05, 3.63) is 71.9 Å². The molecular weight excluding hydrogens is 465 g/mol. The van der Waals surface area contributed by atoms with E-state index in [1.807, 2.05) is 4.90 Å². The average Bonchev–Trinajstić information content (AvgIpc) is 2.88. The molecule has 9 nitrogen and oxygen atoms in total. The minimum Gasteiger partial charge on any atom is -0.490 e. The van der Waals surface area contributed by atoms with E-state index in [-0.39, 0.29) is 24.1 Å². The minimum absolute atomic E-state index is 0.0636. The predicted molar refractivity (Wildman–Crippen MR) is 119 cm³/mol. The Morgan fingerprint density at radius 1 is 1.14 bits per heavy atom. The molecule has 3 aromatic rings. The van der Waals surface area contributed by atoms with Crippen LogP contribution in [0, 0.1) is 0 Å². The summed E-state index contributed by atoms with van der Waals surface area (Å²) in [5.41, 5.74) is -0.364. The Kier molecular flexibility index (Phi) is 7.39. The highest BCUT2D eigenvalue weighted by Crippen LogP contribution is 2.37. The summed E-state index contributed by atoms with van der Waals surface area (Å²) in [6.07, 6.45) is -0.481. The summed E-state index contributed by atoms with van der Waals surface area (Å²) in [6, 6.07) is 8.37. The van der Waals surface area contributed by atoms with Crippen LogP contribution in [-0.2, 0) is 6.18 Å². The molecule has 184 valence electrons. The summed E-state index contributed by atoms with van der Waals surface area (Å²) in [5.74, 6) is -0.115. The van der Waals surface area contributed by atoms with Gasteiger partial charge in [0.15, 0.2) is 11.5 Å². The summed E-state index contributed by atoms with van der Waals surface area (Å²) in [5, 5.41) is 20.7. The number of nitrogens with one attached hydrogen (secondary N) is 1. The van der Waals surface area contributed by atoms with Crippen LogP contribution in [0.3, 0.4) is 0 Å². The van der Waals surface area contributed by atoms with Crippen molar-refractivity contribution in [1.29, 1.82) is 0 Å². The molecule has 4 rings (SSSR count). The van der Waals surface area contributed by atoms with Crippen LogP contribution >= 0.6 is 0 Å². The van der Waals surface area contributed by atoms with Gasteiger partial charge in [-0.2, -0.15) is 13.2 Å². The largest absolute Gasteiger partial charge is 0.490 e. The van der Waals surface area contributed by atoms with Crippen molar-refractivity contribution in [2.45, 2.75) is 31.2 Å². The van der Waals surface area contributed by atoms with Gasteiger partial charge in [-0.15, -0.1) is 10.2 Å². The van der Waals surface area contributed by atoms with Gasteiger partial charge < -0.3 is 20.1 Å². The highest BCUT2D eigenvalue weighted by molar-refractivity contribution is 5.92. The molecule has 0 aliphatic carbocycles. The first-order chi connectivity index (χ1) is 16.8. The smallest absolute Gasteiger partial charge is 0.419 e. The van der Waals surface area contributed by atoms with Crippen molar-refractivity contribution in [3.8, 4) is 5.75 Å². The number of nitrogens with zero attached hydrogens (tertiary/aromatic N) is 5. The van der Waals surface area contributed by atoms with Gasteiger partial charge >= 0.3 is 6.18 Å². The zero-order valence-corrected chi connectivity index (χ0v) is 18.5. The van der Waals surface area contributed by atoms with Crippen LogP contribution in [0.15, 0.2) is 55.0 Å². The van der Waals surface area contributed by atoms with Gasteiger partial charge in [0.25, 0.3) is 5.91 Å². The number of hydrogen-bond donors (Lipinski definition) is 2. The quantitative estimate of drug-likeness (QED) is 0.522. The molecule has 35 heavy (non-hydrogen) atoms. The molecule has 1 aliphatic rings. The normalized spacial score (nSPS) is 15.5. The van der Waals surface area contributed by atoms with Crippen molar-refractivity contribution in [2.75, 3.05) is 24.5 Å². The number of para-hydroxylation sites is 1. The topological polar surface area (TPSA) is 113 Å². The molecule has 1 saturated heterocycles. The zero-order valence-electron chi connectivity index (χ0n) is 18.5. The number of anilines is 1. The number of alkyl halides is 3. The number of carbonyl (C=O) groups is 1. The van der Waals surface area contributed by atoms with Gasteiger partial charge in [-0.3, -0.25) is 14.8 Å². The molecule has 1 unspecified atom stereocenters. The Morgan fingerprint density at radius 3 is 2.57 bits per heavy atom. The third kappa shape index (κ3) is 6.21. The third-order valence-electron chi connectivity index (χ3n) is 5.52. The van der Waals surface area contributed by atoms with Gasteiger partial charge in [0.2, 0.25) is 0 Å². The van der Waals surface area contributed by atoms with Crippen molar-refractivity contribution in [2.24, 2.45) is 0 Å². The van der Waals surface area contributed by atoms with E-state index >= 15 is 0 Å². The van der Waals surface area contributed by atoms with E-state index in [4.69, 9.17) is 4.74 Å². The number of aliphatic hydroxyl groups excluding tert-OH is 1. The van der Waals surface area contributed by atoms with E-state index in [1.165, 1.54) is 42.9 Å². The van der Waals surface area contributed by atoms with E-state index in [2.05, 4.69) is 25.5 Å². The number of carbonyl (C=O) groups excluding carboxylic acids is 1. The van der Waals surface area contributed by atoms with Crippen LogP contribution in [0.4, 0.5) is 19.0 Å². The molecule has 0 spiro atoms. The van der Waals surface area contributed by atoms with Crippen LogP contribution in [0.2, 0.25) is 0 Å². The maximum absolute atomic E-state index is 13.2. The fourth-order valence-corrected chi connectivity index (χ4v) is 3.67. The SMILES string of the molecule is O=C(NCC(O)c1cnccn1)c1ccc(N2CCC(Oc3ccccc3C(F)(F)F)CC2)nn1. The molecule has 0 bridgehead atoms. The highest BCUT2D eigenvalue weighted by Gasteiger charge is 2.35. The molecule has 2 aromatic heterocycles. The minimum atomic E-state index is -4.48. The lowest BCUT2D eigenvalue weighted by Gasteiger charge is -2.33. The van der Waals surface area contributed by atoms with Gasteiger partial charge in [-0.25, -0.2) is 0 Å². The van der Waals surface area contributed by atoms with Crippen molar-refractivity contribution < 1.29 is 27.8 Å². The fraction of sp³-hybridized carbons (Fsp3) is 0.348. The second-order valence-electron chi connectivity index (χ2n) is 7.93. The highest BCUT2D eigenvalue weighted by atomic mass is 19.4. The molecule has 3 heterocycles.